The first-order valence-corrected chi connectivity index (χ1v) is 7.23. The molecule has 22 heavy (non-hydrogen) atoms. The second-order valence-electron chi connectivity index (χ2n) is 5.75. The lowest BCUT2D eigenvalue weighted by molar-refractivity contribution is -0.152. The summed E-state index contributed by atoms with van der Waals surface area (Å²) in [5.74, 6) is -0.0815. The van der Waals surface area contributed by atoms with Gasteiger partial charge in [-0.25, -0.2) is 0 Å². The Bertz CT molecular complexity index is 586. The largest absolute Gasteiger partial charge is 0.461 e. The zero-order chi connectivity index (χ0) is 16.3. The zero-order valence-corrected chi connectivity index (χ0v) is 12.2. The molecule has 0 aromatic carbocycles. The van der Waals surface area contributed by atoms with Crippen LogP contribution in [0.15, 0.2) is 23.1 Å². The van der Waals surface area contributed by atoms with Crippen LogP contribution in [-0.4, -0.2) is 16.6 Å². The number of aromatic nitrogens is 1. The monoisotopic (exact) mass is 317 g/mol. The molecule has 0 amide bonds. The fourth-order valence-corrected chi connectivity index (χ4v) is 2.53. The fourth-order valence-electron chi connectivity index (χ4n) is 2.53. The predicted molar refractivity (Wildman–Crippen MR) is 73.2 cm³/mol. The average Bonchev–Trinajstić information content (AvgIpc) is 2.42. The van der Waals surface area contributed by atoms with Crippen molar-refractivity contribution < 1.29 is 22.7 Å². The molecule has 0 N–H and O–H groups in total. The maximum absolute atomic E-state index is 12.6. The summed E-state index contributed by atoms with van der Waals surface area (Å²) in [5, 5.41) is 0. The Morgan fingerprint density at radius 3 is 2.50 bits per heavy atom. The third-order valence-corrected chi connectivity index (χ3v) is 3.87. The third kappa shape index (κ3) is 4.35. The highest BCUT2D eigenvalue weighted by molar-refractivity contribution is 5.69. The highest BCUT2D eigenvalue weighted by atomic mass is 19.4. The van der Waals surface area contributed by atoms with Crippen molar-refractivity contribution in [2.24, 2.45) is 5.92 Å². The Kier molecular flexibility index (Phi) is 4.93. The number of carbonyl (C=O) groups is 1. The van der Waals surface area contributed by atoms with Crippen LogP contribution in [0.25, 0.3) is 0 Å². The molecule has 4 nitrogen and oxygen atoms in total. The van der Waals surface area contributed by atoms with Crippen LogP contribution < -0.4 is 5.56 Å². The minimum atomic E-state index is -4.56. The quantitative estimate of drug-likeness (QED) is 0.805. The molecule has 0 aliphatic heterocycles. The maximum Gasteiger partial charge on any atom is 0.417 e. The molecule has 0 atom stereocenters. The van der Waals surface area contributed by atoms with Crippen molar-refractivity contribution in [2.75, 3.05) is 0 Å². The van der Waals surface area contributed by atoms with Gasteiger partial charge in [0.2, 0.25) is 0 Å². The van der Waals surface area contributed by atoms with E-state index in [1.54, 1.807) is 0 Å². The van der Waals surface area contributed by atoms with Crippen molar-refractivity contribution >= 4 is 5.97 Å². The first-order valence-electron chi connectivity index (χ1n) is 7.23. The highest BCUT2D eigenvalue weighted by Gasteiger charge is 2.31. The summed E-state index contributed by atoms with van der Waals surface area (Å²) >= 11 is 0. The number of halogens is 3. The van der Waals surface area contributed by atoms with Crippen LogP contribution >= 0.6 is 0 Å². The molecule has 1 aliphatic carbocycles. The molecule has 1 aliphatic rings. The average molecular weight is 317 g/mol. The van der Waals surface area contributed by atoms with Crippen LogP contribution in [-0.2, 0) is 22.3 Å². The Labute approximate surface area is 125 Å². The van der Waals surface area contributed by atoms with Gasteiger partial charge < -0.3 is 9.30 Å². The molecular weight excluding hydrogens is 299 g/mol. The molecule has 0 radical (unpaired) electrons. The van der Waals surface area contributed by atoms with Crippen LogP contribution in [0.4, 0.5) is 13.2 Å². The summed E-state index contributed by atoms with van der Waals surface area (Å²) in [7, 11) is 0. The topological polar surface area (TPSA) is 48.3 Å². The number of alkyl halides is 3. The van der Waals surface area contributed by atoms with Crippen LogP contribution in [0.5, 0.6) is 0 Å². The Morgan fingerprint density at radius 1 is 1.27 bits per heavy atom. The molecular formula is C15H18F3NO3. The predicted octanol–water partition coefficient (Wildman–Crippen LogP) is 2.99. The second kappa shape index (κ2) is 6.54. The van der Waals surface area contributed by atoms with E-state index in [-0.39, 0.29) is 6.10 Å². The summed E-state index contributed by atoms with van der Waals surface area (Å²) in [5.41, 5.74) is -1.63. The third-order valence-electron chi connectivity index (χ3n) is 3.87. The molecule has 1 fully saturated rings. The number of rotatable bonds is 3. The summed E-state index contributed by atoms with van der Waals surface area (Å²) in [6, 6.07) is 1.51. The van der Waals surface area contributed by atoms with E-state index in [0.717, 1.165) is 36.3 Å². The van der Waals surface area contributed by atoms with Crippen molar-refractivity contribution in [3.63, 3.8) is 0 Å². The minimum Gasteiger partial charge on any atom is -0.461 e. The minimum absolute atomic E-state index is 0.204. The van der Waals surface area contributed by atoms with Gasteiger partial charge in [-0.05, 0) is 37.7 Å². The van der Waals surface area contributed by atoms with Gasteiger partial charge in [0.25, 0.3) is 5.56 Å². The number of hydrogen-bond donors (Lipinski definition) is 0. The van der Waals surface area contributed by atoms with Crippen LogP contribution in [0.3, 0.4) is 0 Å². The van der Waals surface area contributed by atoms with Gasteiger partial charge >= 0.3 is 12.1 Å². The second-order valence-corrected chi connectivity index (χ2v) is 5.75. The molecule has 1 heterocycles. The highest BCUT2D eigenvalue weighted by Crippen LogP contribution is 2.28. The van der Waals surface area contributed by atoms with Crippen LogP contribution in [0.2, 0.25) is 0 Å². The van der Waals surface area contributed by atoms with Crippen LogP contribution in [0, 0.1) is 5.92 Å². The van der Waals surface area contributed by atoms with E-state index in [1.165, 1.54) is 0 Å². The van der Waals surface area contributed by atoms with Gasteiger partial charge in [0.15, 0.2) is 0 Å². The van der Waals surface area contributed by atoms with E-state index in [4.69, 9.17) is 4.74 Å². The maximum atomic E-state index is 12.6. The summed E-state index contributed by atoms with van der Waals surface area (Å²) < 4.78 is 43.8. The molecule has 122 valence electrons. The lowest BCUT2D eigenvalue weighted by Gasteiger charge is -2.26. The summed E-state index contributed by atoms with van der Waals surface area (Å²) in [6.45, 7) is 1.62. The van der Waals surface area contributed by atoms with Crippen molar-refractivity contribution in [3.8, 4) is 0 Å². The van der Waals surface area contributed by atoms with Gasteiger partial charge in [0.1, 0.15) is 12.6 Å². The van der Waals surface area contributed by atoms with Crippen molar-refractivity contribution in [3.05, 3.63) is 34.2 Å². The molecule has 1 saturated carbocycles. The molecule has 0 spiro atoms. The smallest absolute Gasteiger partial charge is 0.417 e. The first kappa shape index (κ1) is 16.6. The Hall–Kier alpha value is -1.79. The SMILES string of the molecule is CC1CCC(OC(=O)Cn2cc(C(F)(F)F)ccc2=O)CC1. The molecule has 1 aromatic rings. The number of hydrogen-bond acceptors (Lipinski definition) is 3. The molecule has 0 saturated heterocycles. The van der Waals surface area contributed by atoms with Crippen LogP contribution in [0.1, 0.15) is 38.2 Å². The summed E-state index contributed by atoms with van der Waals surface area (Å²) in [6.07, 6.45) is -0.687. The standard InChI is InChI=1S/C15H18F3NO3/c1-10-2-5-12(6-3-10)22-14(21)9-19-8-11(15(16,17)18)4-7-13(19)20/h4,7-8,10,12H,2-3,5-6,9H2,1H3. The number of esters is 1. The van der Waals surface area contributed by atoms with Crippen molar-refractivity contribution in [1.29, 1.82) is 0 Å². The van der Waals surface area contributed by atoms with Crippen molar-refractivity contribution in [2.45, 2.75) is 51.4 Å². The lowest BCUT2D eigenvalue weighted by Crippen LogP contribution is -2.29. The molecule has 2 rings (SSSR count). The molecule has 0 unspecified atom stereocenters. The van der Waals surface area contributed by atoms with Gasteiger partial charge in [0.05, 0.1) is 5.56 Å². The molecule has 7 heteroatoms. The van der Waals surface area contributed by atoms with E-state index >= 15 is 0 Å². The fraction of sp³-hybridized carbons (Fsp3) is 0.600. The van der Waals surface area contributed by atoms with E-state index in [2.05, 4.69) is 6.92 Å². The Morgan fingerprint density at radius 2 is 1.91 bits per heavy atom. The Balaban J connectivity index is 2.01. The number of ether oxygens (including phenoxy) is 1. The first-order chi connectivity index (χ1) is 10.3. The van der Waals surface area contributed by atoms with Gasteiger partial charge in [-0.3, -0.25) is 9.59 Å². The van der Waals surface area contributed by atoms with Gasteiger partial charge in [-0.15, -0.1) is 0 Å². The molecule has 1 aromatic heterocycles. The summed E-state index contributed by atoms with van der Waals surface area (Å²) in [4.78, 5) is 23.4. The normalized spacial score (nSPS) is 22.4. The zero-order valence-electron chi connectivity index (χ0n) is 12.2. The number of carbonyl (C=O) groups excluding carboxylic acids is 1. The van der Waals surface area contributed by atoms with E-state index in [9.17, 15) is 22.8 Å². The molecule has 0 bridgehead atoms. The van der Waals surface area contributed by atoms with Crippen molar-refractivity contribution in [1.82, 2.24) is 4.57 Å². The number of pyridine rings is 1. The van der Waals surface area contributed by atoms with Gasteiger partial charge in [-0.2, -0.15) is 13.2 Å². The number of nitrogens with zero attached hydrogens (tertiary/aromatic N) is 1. The lowest BCUT2D eigenvalue weighted by atomic mass is 9.89. The van der Waals surface area contributed by atoms with E-state index < -0.39 is 29.8 Å². The van der Waals surface area contributed by atoms with E-state index in [0.29, 0.717) is 18.2 Å². The van der Waals surface area contributed by atoms with E-state index in [1.807, 2.05) is 0 Å². The van der Waals surface area contributed by atoms with Gasteiger partial charge in [-0.1, -0.05) is 6.92 Å². The van der Waals surface area contributed by atoms with Gasteiger partial charge in [0, 0.05) is 12.3 Å².